The van der Waals surface area contributed by atoms with E-state index in [1.165, 1.54) is 37.2 Å². The lowest BCUT2D eigenvalue weighted by atomic mass is 9.83. The minimum absolute atomic E-state index is 0.0902. The van der Waals surface area contributed by atoms with E-state index in [1.54, 1.807) is 53.2 Å². The minimum Gasteiger partial charge on any atom is -0.459 e. The van der Waals surface area contributed by atoms with Crippen LogP contribution in [0, 0.1) is 11.8 Å². The van der Waals surface area contributed by atoms with Gasteiger partial charge in [0.2, 0.25) is 0 Å². The fourth-order valence-electron chi connectivity index (χ4n) is 11.0. The van der Waals surface area contributed by atoms with Gasteiger partial charge >= 0.3 is 5.97 Å². The summed E-state index contributed by atoms with van der Waals surface area (Å²) in [6, 6.07) is 5.69. The molecule has 20 nitrogen and oxygen atoms in total. The first-order chi connectivity index (χ1) is 34.9. The van der Waals surface area contributed by atoms with Gasteiger partial charge in [-0.25, -0.2) is 9.07 Å². The molecule has 5 N–H and O–H groups in total. The first kappa shape index (κ1) is 60.0. The van der Waals surface area contributed by atoms with E-state index >= 15 is 0 Å². The average molecular weight is 1070 g/mol. The first-order valence-corrected chi connectivity index (χ1v) is 26.9. The van der Waals surface area contributed by atoms with Crippen molar-refractivity contribution in [2.75, 3.05) is 48.1 Å². The van der Waals surface area contributed by atoms with Gasteiger partial charge in [0.1, 0.15) is 59.4 Å². The van der Waals surface area contributed by atoms with Crippen LogP contribution in [0.3, 0.4) is 0 Å². The molecule has 3 saturated heterocycles. The molecule has 0 bridgehead atoms. The van der Waals surface area contributed by atoms with Gasteiger partial charge in [-0.1, -0.05) is 54.7 Å². The number of hydrogen-bond acceptors (Lipinski definition) is 20. The smallest absolute Gasteiger partial charge is 0.311 e. The summed E-state index contributed by atoms with van der Waals surface area (Å²) in [7, 11) is 6.73. The number of aromatic nitrogens is 5. The van der Waals surface area contributed by atoms with Crippen LogP contribution < -0.4 is 0 Å². The third kappa shape index (κ3) is 13.9. The van der Waals surface area contributed by atoms with Crippen molar-refractivity contribution < 1.29 is 67.9 Å². The molecule has 418 valence electrons. The summed E-state index contributed by atoms with van der Waals surface area (Å²) in [6.07, 6.45) is -7.96. The number of carbonyl (C=O) groups excluding carboxylic acids is 1. The lowest BCUT2D eigenvalue weighted by Crippen LogP contribution is -2.59. The number of halogens is 1. The van der Waals surface area contributed by atoms with Gasteiger partial charge in [0.25, 0.3) is 0 Å². The van der Waals surface area contributed by atoms with Gasteiger partial charge in [-0.2, -0.15) is 0 Å². The fourth-order valence-corrected chi connectivity index (χ4v) is 11.6. The largest absolute Gasteiger partial charge is 0.459 e. The number of rotatable bonds is 16. The number of hydrogen-bond donors (Lipinski definition) is 5. The van der Waals surface area contributed by atoms with E-state index in [1.807, 2.05) is 62.0 Å². The van der Waals surface area contributed by atoms with Crippen molar-refractivity contribution in [3.8, 4) is 10.6 Å². The van der Waals surface area contributed by atoms with Crippen LogP contribution in [0.2, 0.25) is 0 Å². The van der Waals surface area contributed by atoms with Crippen molar-refractivity contribution >= 4 is 17.3 Å². The highest BCUT2D eigenvalue weighted by Crippen LogP contribution is 2.39. The maximum absolute atomic E-state index is 14.8. The van der Waals surface area contributed by atoms with Crippen LogP contribution >= 0.6 is 11.3 Å². The molecule has 0 unspecified atom stereocenters. The van der Waals surface area contributed by atoms with Gasteiger partial charge in [0.05, 0.1) is 47.2 Å². The number of methoxy groups -OCH3 is 2. The lowest BCUT2D eigenvalue weighted by Gasteiger charge is -2.47. The maximum Gasteiger partial charge on any atom is 0.311 e. The highest BCUT2D eigenvalue weighted by atomic mass is 32.1. The van der Waals surface area contributed by atoms with Crippen molar-refractivity contribution in [1.29, 1.82) is 0 Å². The van der Waals surface area contributed by atoms with E-state index in [2.05, 4.69) is 20.5 Å². The van der Waals surface area contributed by atoms with Crippen LogP contribution in [0.4, 0.5) is 4.39 Å². The Morgan fingerprint density at radius 2 is 1.68 bits per heavy atom. The number of nitrogens with zero attached hydrogens (tertiary/aromatic N) is 7. The van der Waals surface area contributed by atoms with Crippen LogP contribution in [-0.4, -0.2) is 205 Å². The summed E-state index contributed by atoms with van der Waals surface area (Å²) >= 11 is 1.42. The molecule has 0 spiro atoms. The summed E-state index contributed by atoms with van der Waals surface area (Å²) in [5, 5.41) is 77.0. The van der Waals surface area contributed by atoms with Crippen LogP contribution in [0.5, 0.6) is 0 Å². The number of carbonyl (C=O) groups is 1. The van der Waals surface area contributed by atoms with Gasteiger partial charge in [-0.3, -0.25) is 4.79 Å². The van der Waals surface area contributed by atoms with E-state index in [-0.39, 0.29) is 31.6 Å². The first-order valence-electron chi connectivity index (χ1n) is 26.0. The van der Waals surface area contributed by atoms with Crippen LogP contribution in [0.1, 0.15) is 118 Å². The molecule has 0 radical (unpaired) electrons. The van der Waals surface area contributed by atoms with Gasteiger partial charge in [-0.05, 0) is 93.3 Å². The van der Waals surface area contributed by atoms with Crippen molar-refractivity contribution in [3.63, 3.8) is 0 Å². The summed E-state index contributed by atoms with van der Waals surface area (Å²) < 4.78 is 60.1. The quantitative estimate of drug-likeness (QED) is 0.126. The van der Waals surface area contributed by atoms with E-state index in [9.17, 15) is 34.7 Å². The Kier molecular flexibility index (Phi) is 20.7. The highest BCUT2D eigenvalue weighted by Gasteiger charge is 2.51. The molecule has 1 aromatic carbocycles. The SMILES string of the molecule is CC[C@H]1OC(=O)[C@H](C)[C@@H](O[C@H]2C[C@@](C)(OC)[C@@H](O)[C@H](C)O2)C[C@@H](O[C@@H]2O[C@H](C)C[C@H](N(C)CCc3cn([C@H](CF)[C@H](OC)c4ccc(-c5nncs5)cc4)nn3)[C@H]2O)[C@](C)(O)C[C@@H](C)CN(C)[C@H](C)[C@@H](O)[C@]1(C)O. The zero-order chi connectivity index (χ0) is 54.4. The average Bonchev–Trinajstić information content (AvgIpc) is 4.08. The number of cyclic esters (lactones) is 1. The predicted octanol–water partition coefficient (Wildman–Crippen LogP) is 4.28. The van der Waals surface area contributed by atoms with E-state index in [4.69, 9.17) is 33.2 Å². The third-order valence-corrected chi connectivity index (χ3v) is 16.7. The second-order valence-corrected chi connectivity index (χ2v) is 22.7. The molecule has 2 aromatic heterocycles. The lowest BCUT2D eigenvalue weighted by molar-refractivity contribution is -0.308. The Hall–Kier alpha value is -3.20. The van der Waals surface area contributed by atoms with Gasteiger partial charge in [-0.15, -0.1) is 15.3 Å². The molecule has 3 fully saturated rings. The third-order valence-electron chi connectivity index (χ3n) is 16.0. The molecule has 19 atom stereocenters. The molecule has 0 aliphatic carbocycles. The Morgan fingerprint density at radius 3 is 2.30 bits per heavy atom. The minimum atomic E-state index is -1.85. The number of benzene rings is 1. The number of alkyl halides is 1. The van der Waals surface area contributed by atoms with E-state index in [0.717, 1.165) is 16.1 Å². The molecule has 6 rings (SSSR count). The molecule has 5 heterocycles. The number of ether oxygens (including phenoxy) is 7. The molecule has 3 aliphatic rings. The van der Waals surface area contributed by atoms with Gasteiger partial charge in [0.15, 0.2) is 12.6 Å². The Balaban J connectivity index is 1.23. The van der Waals surface area contributed by atoms with E-state index < -0.39 is 121 Å². The van der Waals surface area contributed by atoms with Gasteiger partial charge in [0, 0.05) is 70.4 Å². The molecule has 3 aliphatic heterocycles. The van der Waals surface area contributed by atoms with Crippen molar-refractivity contribution in [3.05, 3.63) is 47.2 Å². The predicted molar refractivity (Wildman–Crippen MR) is 272 cm³/mol. The Morgan fingerprint density at radius 1 is 0.973 bits per heavy atom. The summed E-state index contributed by atoms with van der Waals surface area (Å²) in [6.45, 7) is 15.7. The Labute approximate surface area is 439 Å². The van der Waals surface area contributed by atoms with Crippen LogP contribution in [-0.2, 0) is 44.4 Å². The maximum atomic E-state index is 14.8. The topological polar surface area (TPSA) is 246 Å². The van der Waals surface area contributed by atoms with Crippen molar-refractivity contribution in [1.82, 2.24) is 35.0 Å². The number of esters is 1. The fraction of sp³-hybridized carbons (Fsp3) is 0.788. The molecule has 3 aromatic rings. The molecule has 74 heavy (non-hydrogen) atoms. The number of aliphatic hydroxyl groups is 5. The zero-order valence-corrected chi connectivity index (χ0v) is 46.3. The molecule has 0 saturated carbocycles. The van der Waals surface area contributed by atoms with Crippen molar-refractivity contribution in [2.45, 2.75) is 203 Å². The standard InChI is InChI=1S/C52H84FN7O13S/c1-14-40-52(9,66)45(62)32(5)59(11)26-29(2)23-50(7,65)41(22-39(31(4)48(64)72-40)71-42-24-51(8,68-13)46(63)33(6)70-42)73-49-43(61)37(21-30(3)69-49)58(10)20-19-36-27-60(57-55-36)38(25-53)44(67-12)34-15-17-35(18-16-34)47-56-54-28-74-47/h15-18,27-33,37-46,49,61-63,65-66H,14,19-26H2,1-13H3/t29-,30-,31-,32-,33+,37+,38-,39+,40-,41-,42+,43-,44-,45-,46+,49+,50-,51-,52-/m1/s1. The molecule has 0 amide bonds. The summed E-state index contributed by atoms with van der Waals surface area (Å²) in [5.74, 6) is -2.00. The van der Waals surface area contributed by atoms with Gasteiger partial charge < -0.3 is 68.5 Å². The van der Waals surface area contributed by atoms with Crippen LogP contribution in [0.25, 0.3) is 10.6 Å². The van der Waals surface area contributed by atoms with Crippen molar-refractivity contribution in [2.24, 2.45) is 11.8 Å². The monoisotopic (exact) mass is 1070 g/mol. The van der Waals surface area contributed by atoms with Crippen LogP contribution in [0.15, 0.2) is 36.0 Å². The number of aliphatic hydroxyl groups excluding tert-OH is 3. The highest BCUT2D eigenvalue weighted by molar-refractivity contribution is 7.12. The summed E-state index contributed by atoms with van der Waals surface area (Å²) in [5.41, 5.74) is -0.623. The van der Waals surface area contributed by atoms with E-state index in [0.29, 0.717) is 31.6 Å². The second kappa shape index (κ2) is 25.5. The molecular weight excluding hydrogens is 982 g/mol. The second-order valence-electron chi connectivity index (χ2n) is 21.9. The Bertz CT molecular complexity index is 2200. The number of likely N-dealkylation sites (N-methyl/N-ethyl adjacent to an activating group) is 2. The summed E-state index contributed by atoms with van der Waals surface area (Å²) in [4.78, 5) is 18.3. The zero-order valence-electron chi connectivity index (χ0n) is 45.5. The molecular formula is C52H84FN7O13S. The normalized spacial score (nSPS) is 38.2. The molecule has 22 heteroatoms.